The first-order chi connectivity index (χ1) is 10.1. The van der Waals surface area contributed by atoms with Crippen LogP contribution in [0.15, 0.2) is 18.2 Å². The average molecular weight is 291 g/mol. The molecule has 3 rings (SSSR count). The summed E-state index contributed by atoms with van der Waals surface area (Å²) in [5, 5.41) is 11.1. The Morgan fingerprint density at radius 2 is 1.76 bits per heavy atom. The largest absolute Gasteiger partial charge is 0.386 e. The van der Waals surface area contributed by atoms with Crippen molar-refractivity contribution >= 4 is 0 Å². The number of piperidine rings is 1. The topological polar surface area (TPSA) is 23.5 Å². The van der Waals surface area contributed by atoms with Gasteiger partial charge in [-0.05, 0) is 62.9 Å². The number of aliphatic hydroxyl groups excluding tert-OH is 1. The van der Waals surface area contributed by atoms with Crippen LogP contribution in [0.4, 0.5) is 4.39 Å². The maximum Gasteiger partial charge on any atom is 0.126 e. The summed E-state index contributed by atoms with van der Waals surface area (Å²) in [7, 11) is 0. The van der Waals surface area contributed by atoms with Crippen LogP contribution in [0.25, 0.3) is 0 Å². The second-order valence-electron chi connectivity index (χ2n) is 6.77. The number of benzene rings is 1. The van der Waals surface area contributed by atoms with Crippen LogP contribution in [-0.4, -0.2) is 28.6 Å². The summed E-state index contributed by atoms with van der Waals surface area (Å²) in [6, 6.07) is 5.08. The quantitative estimate of drug-likeness (QED) is 0.911. The summed E-state index contributed by atoms with van der Waals surface area (Å²) in [5.74, 6) is -0.190. The lowest BCUT2D eigenvalue weighted by Gasteiger charge is -2.46. The fourth-order valence-corrected chi connectivity index (χ4v) is 4.24. The summed E-state index contributed by atoms with van der Waals surface area (Å²) in [5.41, 5.74) is 1.38. The summed E-state index contributed by atoms with van der Waals surface area (Å²) in [6.45, 7) is 3.96. The maximum atomic E-state index is 13.5. The fraction of sp³-hybridized carbons (Fsp3) is 0.667. The van der Waals surface area contributed by atoms with E-state index in [1.807, 2.05) is 6.07 Å². The van der Waals surface area contributed by atoms with Crippen molar-refractivity contribution in [2.24, 2.45) is 0 Å². The van der Waals surface area contributed by atoms with Gasteiger partial charge in [-0.15, -0.1) is 0 Å². The zero-order valence-corrected chi connectivity index (χ0v) is 12.9. The van der Waals surface area contributed by atoms with Crippen LogP contribution < -0.4 is 0 Å². The van der Waals surface area contributed by atoms with Crippen molar-refractivity contribution in [1.82, 2.24) is 4.90 Å². The summed E-state index contributed by atoms with van der Waals surface area (Å²) >= 11 is 0. The lowest BCUT2D eigenvalue weighted by atomic mass is 9.82. The van der Waals surface area contributed by atoms with E-state index in [1.165, 1.54) is 38.2 Å². The fourth-order valence-electron chi connectivity index (χ4n) is 4.24. The summed E-state index contributed by atoms with van der Waals surface area (Å²) in [4.78, 5) is 2.52. The van der Waals surface area contributed by atoms with Crippen molar-refractivity contribution < 1.29 is 9.50 Å². The molecule has 3 heteroatoms. The molecule has 0 spiro atoms. The van der Waals surface area contributed by atoms with Crippen molar-refractivity contribution in [3.05, 3.63) is 35.1 Å². The Morgan fingerprint density at radius 3 is 2.38 bits per heavy atom. The normalized spacial score (nSPS) is 24.1. The van der Waals surface area contributed by atoms with Crippen LogP contribution in [0.3, 0.4) is 0 Å². The molecule has 0 amide bonds. The van der Waals surface area contributed by atoms with Gasteiger partial charge in [-0.3, -0.25) is 4.90 Å². The molecule has 2 fully saturated rings. The summed E-state index contributed by atoms with van der Waals surface area (Å²) < 4.78 is 13.5. The lowest BCUT2D eigenvalue weighted by Crippen LogP contribution is -2.53. The number of rotatable bonds is 3. The molecule has 1 saturated heterocycles. The van der Waals surface area contributed by atoms with Crippen molar-refractivity contribution in [3.63, 3.8) is 0 Å². The number of aliphatic hydroxyl groups is 1. The molecule has 2 nitrogen and oxygen atoms in total. The van der Waals surface area contributed by atoms with E-state index in [1.54, 1.807) is 13.0 Å². The van der Waals surface area contributed by atoms with Gasteiger partial charge in [-0.2, -0.15) is 0 Å². The molecule has 1 heterocycles. The van der Waals surface area contributed by atoms with E-state index in [9.17, 15) is 9.50 Å². The molecule has 1 aliphatic carbocycles. The molecular weight excluding hydrogens is 265 g/mol. The third-order valence-corrected chi connectivity index (χ3v) is 5.46. The van der Waals surface area contributed by atoms with Gasteiger partial charge < -0.3 is 5.11 Å². The number of hydrogen-bond donors (Lipinski definition) is 1. The molecule has 116 valence electrons. The number of likely N-dealkylation sites (tertiary alicyclic amines) is 1. The first-order valence-electron chi connectivity index (χ1n) is 8.33. The molecule has 1 aromatic rings. The Labute approximate surface area is 127 Å². The van der Waals surface area contributed by atoms with Crippen LogP contribution in [0.5, 0.6) is 0 Å². The molecule has 0 aromatic heterocycles. The highest BCUT2D eigenvalue weighted by Gasteiger charge is 2.46. The van der Waals surface area contributed by atoms with E-state index >= 15 is 0 Å². The lowest BCUT2D eigenvalue weighted by molar-refractivity contribution is -0.0405. The minimum Gasteiger partial charge on any atom is -0.386 e. The molecule has 0 bridgehead atoms. The van der Waals surface area contributed by atoms with E-state index in [0.717, 1.165) is 31.5 Å². The number of aryl methyl sites for hydroxylation is 1. The highest BCUT2D eigenvalue weighted by molar-refractivity contribution is 5.28. The SMILES string of the molecule is Cc1cc(C(O)C2(N3CCCCC3)CCCC2)ccc1F. The maximum absolute atomic E-state index is 13.5. The van der Waals surface area contributed by atoms with E-state index in [4.69, 9.17) is 0 Å². The number of hydrogen-bond acceptors (Lipinski definition) is 2. The van der Waals surface area contributed by atoms with Gasteiger partial charge in [0, 0.05) is 0 Å². The Balaban J connectivity index is 1.90. The Morgan fingerprint density at radius 1 is 1.10 bits per heavy atom. The van der Waals surface area contributed by atoms with Gasteiger partial charge in [0.25, 0.3) is 0 Å². The molecule has 1 saturated carbocycles. The predicted molar refractivity (Wildman–Crippen MR) is 82.7 cm³/mol. The molecule has 1 unspecified atom stereocenters. The predicted octanol–water partition coefficient (Wildman–Crippen LogP) is 3.97. The first-order valence-corrected chi connectivity index (χ1v) is 8.33. The van der Waals surface area contributed by atoms with E-state index in [0.29, 0.717) is 5.56 Å². The van der Waals surface area contributed by atoms with Crippen LogP contribution in [0, 0.1) is 12.7 Å². The molecular formula is C18H26FNO. The Hall–Kier alpha value is -0.930. The Kier molecular flexibility index (Phi) is 4.32. The van der Waals surface area contributed by atoms with E-state index in [2.05, 4.69) is 4.90 Å². The van der Waals surface area contributed by atoms with Gasteiger partial charge >= 0.3 is 0 Å². The van der Waals surface area contributed by atoms with Gasteiger partial charge in [0.15, 0.2) is 0 Å². The monoisotopic (exact) mass is 291 g/mol. The molecule has 0 radical (unpaired) electrons. The summed E-state index contributed by atoms with van der Waals surface area (Å²) in [6.07, 6.45) is 7.76. The number of halogens is 1. The highest BCUT2D eigenvalue weighted by Crippen LogP contribution is 2.45. The molecule has 1 aromatic carbocycles. The second kappa shape index (κ2) is 6.05. The van der Waals surface area contributed by atoms with Crippen molar-refractivity contribution in [2.45, 2.75) is 63.5 Å². The smallest absolute Gasteiger partial charge is 0.126 e. The molecule has 2 aliphatic rings. The minimum absolute atomic E-state index is 0.120. The van der Waals surface area contributed by atoms with Crippen molar-refractivity contribution in [1.29, 1.82) is 0 Å². The zero-order valence-electron chi connectivity index (χ0n) is 12.9. The third kappa shape index (κ3) is 2.74. The first kappa shape index (κ1) is 15.0. The van der Waals surface area contributed by atoms with Gasteiger partial charge in [-0.1, -0.05) is 31.4 Å². The molecule has 21 heavy (non-hydrogen) atoms. The van der Waals surface area contributed by atoms with Gasteiger partial charge in [-0.25, -0.2) is 4.39 Å². The van der Waals surface area contributed by atoms with Crippen LogP contribution in [0.1, 0.15) is 62.2 Å². The molecule has 1 N–H and O–H groups in total. The minimum atomic E-state index is -0.502. The van der Waals surface area contributed by atoms with Gasteiger partial charge in [0.1, 0.15) is 5.82 Å². The van der Waals surface area contributed by atoms with Crippen LogP contribution >= 0.6 is 0 Å². The third-order valence-electron chi connectivity index (χ3n) is 5.46. The van der Waals surface area contributed by atoms with Gasteiger partial charge in [0.05, 0.1) is 11.6 Å². The molecule has 1 atom stereocenters. The van der Waals surface area contributed by atoms with Gasteiger partial charge in [0.2, 0.25) is 0 Å². The molecule has 1 aliphatic heterocycles. The van der Waals surface area contributed by atoms with Crippen molar-refractivity contribution in [2.75, 3.05) is 13.1 Å². The van der Waals surface area contributed by atoms with E-state index in [-0.39, 0.29) is 11.4 Å². The average Bonchev–Trinajstić information content (AvgIpc) is 3.01. The van der Waals surface area contributed by atoms with Crippen LogP contribution in [-0.2, 0) is 0 Å². The highest BCUT2D eigenvalue weighted by atomic mass is 19.1. The standard InChI is InChI=1S/C18H26FNO/c1-14-13-15(7-8-16(14)19)17(21)18(9-3-4-10-18)20-11-5-2-6-12-20/h7-8,13,17,21H,2-6,9-12H2,1H3. The Bertz CT molecular complexity index is 490. The van der Waals surface area contributed by atoms with Crippen LogP contribution in [0.2, 0.25) is 0 Å². The second-order valence-corrected chi connectivity index (χ2v) is 6.77. The number of nitrogens with zero attached hydrogens (tertiary/aromatic N) is 1. The van der Waals surface area contributed by atoms with Crippen molar-refractivity contribution in [3.8, 4) is 0 Å². The zero-order chi connectivity index (χ0) is 14.9. The van der Waals surface area contributed by atoms with E-state index < -0.39 is 6.10 Å².